The van der Waals surface area contributed by atoms with Gasteiger partial charge in [0.05, 0.1) is 5.60 Å². The van der Waals surface area contributed by atoms with Gasteiger partial charge in [-0.1, -0.05) is 44.2 Å². The maximum Gasteiger partial charge on any atom is 0.0637 e. The summed E-state index contributed by atoms with van der Waals surface area (Å²) in [6.07, 6.45) is 1.000. The lowest BCUT2D eigenvalue weighted by Crippen LogP contribution is -2.39. The molecule has 0 fully saturated rings. The second-order valence-corrected chi connectivity index (χ2v) is 6.37. The average molecular weight is 263 g/mol. The second-order valence-electron chi connectivity index (χ2n) is 6.37. The number of hydrogen-bond acceptors (Lipinski definition) is 2. The fourth-order valence-corrected chi connectivity index (χ4v) is 2.52. The van der Waals surface area contributed by atoms with Crippen LogP contribution in [0.1, 0.15) is 52.6 Å². The molecule has 0 saturated carbocycles. The number of nitrogens with one attached hydrogen (secondary N) is 1. The molecule has 0 aliphatic rings. The Labute approximate surface area is 118 Å². The third kappa shape index (κ3) is 5.33. The molecule has 0 radical (unpaired) electrons. The molecular weight excluding hydrogens is 234 g/mol. The largest absolute Gasteiger partial charge is 0.379 e. The fraction of sp³-hybridized carbons (Fsp3) is 0.647. The van der Waals surface area contributed by atoms with Crippen LogP contribution in [0.25, 0.3) is 0 Å². The van der Waals surface area contributed by atoms with Gasteiger partial charge in [0, 0.05) is 19.2 Å². The standard InChI is InChI=1S/C17H29NO/c1-13(2)16(15-10-8-7-9-11-15)18-14(3)12-17(4,5)19-6/h7-11,13-14,16,18H,12H2,1-6H3. The first-order chi connectivity index (χ1) is 8.85. The molecular formula is C17H29NO. The summed E-state index contributed by atoms with van der Waals surface area (Å²) in [5.74, 6) is 0.565. The zero-order valence-corrected chi connectivity index (χ0v) is 13.2. The van der Waals surface area contributed by atoms with Crippen molar-refractivity contribution in [2.45, 2.75) is 58.7 Å². The van der Waals surface area contributed by atoms with E-state index in [4.69, 9.17) is 4.74 Å². The van der Waals surface area contributed by atoms with E-state index in [2.05, 4.69) is 70.3 Å². The van der Waals surface area contributed by atoms with Gasteiger partial charge in [0.15, 0.2) is 0 Å². The lowest BCUT2D eigenvalue weighted by atomic mass is 9.93. The van der Waals surface area contributed by atoms with Gasteiger partial charge in [-0.05, 0) is 38.7 Å². The first-order valence-corrected chi connectivity index (χ1v) is 7.22. The monoisotopic (exact) mass is 263 g/mol. The topological polar surface area (TPSA) is 21.3 Å². The van der Waals surface area contributed by atoms with Gasteiger partial charge in [0.1, 0.15) is 0 Å². The Bertz CT molecular complexity index is 359. The van der Waals surface area contributed by atoms with Crippen molar-refractivity contribution in [3.63, 3.8) is 0 Å². The Hall–Kier alpha value is -0.860. The van der Waals surface area contributed by atoms with Crippen LogP contribution in [0.3, 0.4) is 0 Å². The van der Waals surface area contributed by atoms with E-state index in [1.807, 2.05) is 0 Å². The molecule has 2 atom stereocenters. The van der Waals surface area contributed by atoms with Crippen molar-refractivity contribution in [1.82, 2.24) is 5.32 Å². The summed E-state index contributed by atoms with van der Waals surface area (Å²) in [4.78, 5) is 0. The van der Waals surface area contributed by atoms with Gasteiger partial charge in [-0.15, -0.1) is 0 Å². The molecule has 1 N–H and O–H groups in total. The lowest BCUT2D eigenvalue weighted by Gasteiger charge is -2.32. The van der Waals surface area contributed by atoms with Crippen LogP contribution in [0.2, 0.25) is 0 Å². The zero-order valence-electron chi connectivity index (χ0n) is 13.2. The number of methoxy groups -OCH3 is 1. The molecule has 0 saturated heterocycles. The maximum absolute atomic E-state index is 5.52. The molecule has 2 heteroatoms. The van der Waals surface area contributed by atoms with Crippen molar-refractivity contribution in [3.8, 4) is 0 Å². The minimum atomic E-state index is -0.0787. The Morgan fingerprint density at radius 1 is 1.11 bits per heavy atom. The summed E-state index contributed by atoms with van der Waals surface area (Å²) in [6, 6.07) is 11.5. The molecule has 0 aliphatic heterocycles. The Morgan fingerprint density at radius 2 is 1.68 bits per heavy atom. The summed E-state index contributed by atoms with van der Waals surface area (Å²) in [5, 5.41) is 3.74. The third-order valence-corrected chi connectivity index (χ3v) is 3.64. The van der Waals surface area contributed by atoms with E-state index in [9.17, 15) is 0 Å². The van der Waals surface area contributed by atoms with E-state index in [0.29, 0.717) is 18.0 Å². The maximum atomic E-state index is 5.52. The summed E-state index contributed by atoms with van der Waals surface area (Å²) >= 11 is 0. The van der Waals surface area contributed by atoms with Crippen molar-refractivity contribution < 1.29 is 4.74 Å². The van der Waals surface area contributed by atoms with Crippen molar-refractivity contribution >= 4 is 0 Å². The zero-order chi connectivity index (χ0) is 14.5. The van der Waals surface area contributed by atoms with Crippen molar-refractivity contribution in [2.24, 2.45) is 5.92 Å². The van der Waals surface area contributed by atoms with Crippen molar-refractivity contribution in [1.29, 1.82) is 0 Å². The van der Waals surface area contributed by atoms with E-state index < -0.39 is 0 Å². The van der Waals surface area contributed by atoms with Crippen LogP contribution < -0.4 is 5.32 Å². The molecule has 0 bridgehead atoms. The minimum absolute atomic E-state index is 0.0787. The van der Waals surface area contributed by atoms with Gasteiger partial charge in [-0.3, -0.25) is 0 Å². The Morgan fingerprint density at radius 3 is 2.16 bits per heavy atom. The molecule has 0 aliphatic carbocycles. The highest BCUT2D eigenvalue weighted by molar-refractivity contribution is 5.19. The van der Waals surface area contributed by atoms with Crippen LogP contribution in [0, 0.1) is 5.92 Å². The molecule has 2 nitrogen and oxygen atoms in total. The SMILES string of the molecule is COC(C)(C)CC(C)NC(c1ccccc1)C(C)C. The number of rotatable bonds is 7. The molecule has 0 heterocycles. The van der Waals surface area contributed by atoms with E-state index in [1.165, 1.54) is 5.56 Å². The molecule has 0 amide bonds. The smallest absolute Gasteiger partial charge is 0.0637 e. The van der Waals surface area contributed by atoms with Gasteiger partial charge < -0.3 is 10.1 Å². The summed E-state index contributed by atoms with van der Waals surface area (Å²) in [7, 11) is 1.78. The molecule has 1 rings (SSSR count). The normalized spacial score (nSPS) is 15.5. The number of hydrogen-bond donors (Lipinski definition) is 1. The van der Waals surface area contributed by atoms with E-state index in [0.717, 1.165) is 6.42 Å². The van der Waals surface area contributed by atoms with Crippen molar-refractivity contribution in [3.05, 3.63) is 35.9 Å². The summed E-state index contributed by atoms with van der Waals surface area (Å²) in [5.41, 5.74) is 1.28. The van der Waals surface area contributed by atoms with Gasteiger partial charge in [0.25, 0.3) is 0 Å². The quantitative estimate of drug-likeness (QED) is 0.797. The highest BCUT2D eigenvalue weighted by Crippen LogP contribution is 2.24. The van der Waals surface area contributed by atoms with Gasteiger partial charge in [-0.2, -0.15) is 0 Å². The molecule has 19 heavy (non-hydrogen) atoms. The molecule has 1 aromatic rings. The molecule has 1 aromatic carbocycles. The first kappa shape index (κ1) is 16.2. The predicted octanol–water partition coefficient (Wildman–Crippen LogP) is 4.18. The highest BCUT2D eigenvalue weighted by Gasteiger charge is 2.23. The predicted molar refractivity (Wildman–Crippen MR) is 82.3 cm³/mol. The van der Waals surface area contributed by atoms with E-state index in [1.54, 1.807) is 7.11 Å². The first-order valence-electron chi connectivity index (χ1n) is 7.22. The molecule has 108 valence electrons. The van der Waals surface area contributed by atoms with Crippen LogP contribution in [-0.2, 0) is 4.74 Å². The van der Waals surface area contributed by atoms with Crippen LogP contribution >= 0.6 is 0 Å². The lowest BCUT2D eigenvalue weighted by molar-refractivity contribution is 0.00713. The minimum Gasteiger partial charge on any atom is -0.379 e. The molecule has 0 spiro atoms. The van der Waals surface area contributed by atoms with Crippen LogP contribution in [0.15, 0.2) is 30.3 Å². The third-order valence-electron chi connectivity index (χ3n) is 3.64. The molecule has 0 aromatic heterocycles. The van der Waals surface area contributed by atoms with Crippen LogP contribution in [0.5, 0.6) is 0 Å². The average Bonchev–Trinajstić information content (AvgIpc) is 2.36. The van der Waals surface area contributed by atoms with Gasteiger partial charge in [0.2, 0.25) is 0 Å². The molecule has 2 unspecified atom stereocenters. The number of ether oxygens (including phenoxy) is 1. The summed E-state index contributed by atoms with van der Waals surface area (Å²) < 4.78 is 5.52. The number of benzene rings is 1. The fourth-order valence-electron chi connectivity index (χ4n) is 2.52. The summed E-state index contributed by atoms with van der Waals surface area (Å²) in [6.45, 7) is 11.0. The van der Waals surface area contributed by atoms with Gasteiger partial charge in [-0.25, -0.2) is 0 Å². The Kier molecular flexibility index (Phi) is 6.02. The van der Waals surface area contributed by atoms with E-state index in [-0.39, 0.29) is 5.60 Å². The van der Waals surface area contributed by atoms with Crippen LogP contribution in [-0.4, -0.2) is 18.8 Å². The van der Waals surface area contributed by atoms with E-state index >= 15 is 0 Å². The van der Waals surface area contributed by atoms with Crippen molar-refractivity contribution in [2.75, 3.05) is 7.11 Å². The van der Waals surface area contributed by atoms with Crippen LogP contribution in [0.4, 0.5) is 0 Å². The Balaban J connectivity index is 2.70. The van der Waals surface area contributed by atoms with Gasteiger partial charge >= 0.3 is 0 Å². The second kappa shape index (κ2) is 7.06. The highest BCUT2D eigenvalue weighted by atomic mass is 16.5.